The van der Waals surface area contributed by atoms with Gasteiger partial charge in [-0.05, 0) is 66.1 Å². The average Bonchev–Trinajstić information content (AvgIpc) is 2.78. The molecule has 2 aromatic carbocycles. The van der Waals surface area contributed by atoms with Crippen LogP contribution in [0.1, 0.15) is 37.5 Å². The van der Waals surface area contributed by atoms with Gasteiger partial charge >= 0.3 is 6.18 Å². The largest absolute Gasteiger partial charge is 0.457 e. The Morgan fingerprint density at radius 3 is 2.31 bits per heavy atom. The maximum absolute atomic E-state index is 12.8. The van der Waals surface area contributed by atoms with Gasteiger partial charge in [0.2, 0.25) is 0 Å². The number of hydrogen-bond acceptors (Lipinski definition) is 4. The summed E-state index contributed by atoms with van der Waals surface area (Å²) in [5.41, 5.74) is 6.80. The van der Waals surface area contributed by atoms with Crippen LogP contribution in [0.25, 0.3) is 0 Å². The quantitative estimate of drug-likeness (QED) is 0.658. The first kappa shape index (κ1) is 21.4. The van der Waals surface area contributed by atoms with Crippen LogP contribution in [0.4, 0.5) is 13.2 Å². The zero-order chi connectivity index (χ0) is 22.9. The number of fused-ring (bicyclic) bond motifs is 1. The van der Waals surface area contributed by atoms with Crippen molar-refractivity contribution >= 4 is 11.8 Å². The molecule has 1 aliphatic heterocycles. The Morgan fingerprint density at radius 2 is 1.69 bits per heavy atom. The first-order chi connectivity index (χ1) is 15.2. The lowest BCUT2D eigenvalue weighted by molar-refractivity contribution is -0.137. The summed E-state index contributed by atoms with van der Waals surface area (Å²) < 4.78 is 43.9. The molecule has 0 saturated heterocycles. The van der Waals surface area contributed by atoms with E-state index >= 15 is 0 Å². The molecule has 32 heavy (non-hydrogen) atoms. The lowest BCUT2D eigenvalue weighted by Gasteiger charge is -2.29. The minimum atomic E-state index is -4.41. The van der Waals surface area contributed by atoms with Crippen molar-refractivity contribution < 1.29 is 27.5 Å². The summed E-state index contributed by atoms with van der Waals surface area (Å²) in [6.07, 6.45) is -2.44. The molecule has 1 aromatic heterocycles. The number of carbonyl (C=O) groups excluding carboxylic acids is 2. The summed E-state index contributed by atoms with van der Waals surface area (Å²) in [6, 6.07) is 12.8. The molecule has 0 radical (unpaired) electrons. The third-order valence-electron chi connectivity index (χ3n) is 5.16. The third-order valence-corrected chi connectivity index (χ3v) is 5.16. The molecule has 0 atom stereocenters. The molecule has 0 fully saturated rings. The van der Waals surface area contributed by atoms with Gasteiger partial charge in [-0.2, -0.15) is 13.2 Å². The van der Waals surface area contributed by atoms with Gasteiger partial charge < -0.3 is 15.4 Å². The fourth-order valence-electron chi connectivity index (χ4n) is 3.47. The van der Waals surface area contributed by atoms with E-state index in [4.69, 9.17) is 10.5 Å². The number of pyridine rings is 1. The lowest BCUT2D eigenvalue weighted by atomic mass is 9.99. The van der Waals surface area contributed by atoms with Crippen LogP contribution in [-0.2, 0) is 19.1 Å². The molecule has 4 rings (SSSR count). The van der Waals surface area contributed by atoms with Gasteiger partial charge in [0, 0.05) is 19.3 Å². The second kappa shape index (κ2) is 8.33. The van der Waals surface area contributed by atoms with E-state index in [1.54, 1.807) is 17.0 Å². The number of nitrogens with two attached hydrogens (primary N) is 1. The number of nitrogens with zero attached hydrogens (tertiary/aromatic N) is 2. The molecule has 2 heterocycles. The predicted molar refractivity (Wildman–Crippen MR) is 109 cm³/mol. The Hall–Kier alpha value is -3.88. The van der Waals surface area contributed by atoms with Crippen molar-refractivity contribution in [2.45, 2.75) is 19.1 Å². The van der Waals surface area contributed by atoms with E-state index in [1.807, 2.05) is 6.07 Å². The van der Waals surface area contributed by atoms with Gasteiger partial charge in [-0.3, -0.25) is 14.6 Å². The Labute approximate surface area is 181 Å². The standard InChI is InChI=1S/C23H18F3N3O3/c24-23(25,26)17-3-6-18(7-4-17)32-19-5-1-14-9-10-29(13-16(14)11-19)22(31)15-2-8-20(21(27)30)28-12-15/h1-8,11-12H,9-10,13H2,(H2,27,30). The molecule has 0 unspecified atom stereocenters. The highest BCUT2D eigenvalue weighted by molar-refractivity contribution is 5.95. The number of carbonyl (C=O) groups is 2. The van der Waals surface area contributed by atoms with E-state index in [9.17, 15) is 22.8 Å². The van der Waals surface area contributed by atoms with Crippen molar-refractivity contribution in [2.24, 2.45) is 5.73 Å². The van der Waals surface area contributed by atoms with E-state index in [-0.39, 0.29) is 17.4 Å². The summed E-state index contributed by atoms with van der Waals surface area (Å²) in [5.74, 6) is -0.155. The van der Waals surface area contributed by atoms with Crippen LogP contribution in [-0.4, -0.2) is 28.2 Å². The summed E-state index contributed by atoms with van der Waals surface area (Å²) in [4.78, 5) is 29.5. The van der Waals surface area contributed by atoms with Gasteiger partial charge in [-0.15, -0.1) is 0 Å². The van der Waals surface area contributed by atoms with E-state index in [0.29, 0.717) is 30.8 Å². The zero-order valence-corrected chi connectivity index (χ0v) is 16.7. The number of ether oxygens (including phenoxy) is 1. The average molecular weight is 441 g/mol. The van der Waals surface area contributed by atoms with Crippen LogP contribution >= 0.6 is 0 Å². The number of halogens is 3. The van der Waals surface area contributed by atoms with Gasteiger partial charge in [0.25, 0.3) is 11.8 Å². The highest BCUT2D eigenvalue weighted by Crippen LogP contribution is 2.32. The molecule has 0 bridgehead atoms. The third kappa shape index (κ3) is 4.56. The molecule has 3 aromatic rings. The maximum atomic E-state index is 12.8. The van der Waals surface area contributed by atoms with Crippen molar-refractivity contribution in [3.63, 3.8) is 0 Å². The van der Waals surface area contributed by atoms with Crippen molar-refractivity contribution in [3.8, 4) is 11.5 Å². The molecule has 9 heteroatoms. The Morgan fingerprint density at radius 1 is 0.969 bits per heavy atom. The molecular weight excluding hydrogens is 423 g/mol. The number of primary amides is 1. The Kier molecular flexibility index (Phi) is 5.56. The monoisotopic (exact) mass is 441 g/mol. The van der Waals surface area contributed by atoms with E-state index in [0.717, 1.165) is 23.3 Å². The minimum absolute atomic E-state index is 0.0793. The molecule has 0 spiro atoms. The SMILES string of the molecule is NC(=O)c1ccc(C(=O)N2CCc3ccc(Oc4ccc(C(F)(F)F)cc4)cc3C2)cn1. The first-order valence-electron chi connectivity index (χ1n) is 9.73. The van der Waals surface area contributed by atoms with Crippen LogP contribution in [0.3, 0.4) is 0 Å². The number of benzene rings is 2. The molecule has 164 valence electrons. The second-order valence-electron chi connectivity index (χ2n) is 7.33. The smallest absolute Gasteiger partial charge is 0.416 e. The molecule has 2 amide bonds. The Balaban J connectivity index is 1.48. The number of alkyl halides is 3. The minimum Gasteiger partial charge on any atom is -0.457 e. The highest BCUT2D eigenvalue weighted by atomic mass is 19.4. The number of amides is 2. The fourth-order valence-corrected chi connectivity index (χ4v) is 3.47. The van der Waals surface area contributed by atoms with Crippen LogP contribution in [0.5, 0.6) is 11.5 Å². The number of rotatable bonds is 4. The normalized spacial score (nSPS) is 13.4. The predicted octanol–water partition coefficient (Wildman–Crippen LogP) is 4.19. The van der Waals surface area contributed by atoms with E-state index in [2.05, 4.69) is 4.98 Å². The molecule has 2 N–H and O–H groups in total. The van der Waals surface area contributed by atoms with Crippen molar-refractivity contribution in [1.82, 2.24) is 9.88 Å². The Bertz CT molecular complexity index is 1160. The van der Waals surface area contributed by atoms with Crippen LogP contribution in [0.2, 0.25) is 0 Å². The van der Waals surface area contributed by atoms with Crippen molar-refractivity contribution in [3.05, 3.63) is 88.7 Å². The van der Waals surface area contributed by atoms with E-state index < -0.39 is 17.6 Å². The van der Waals surface area contributed by atoms with Crippen molar-refractivity contribution in [1.29, 1.82) is 0 Å². The molecule has 1 aliphatic rings. The summed E-state index contributed by atoms with van der Waals surface area (Å²) >= 11 is 0. The van der Waals surface area contributed by atoms with Crippen LogP contribution in [0, 0.1) is 0 Å². The van der Waals surface area contributed by atoms with Gasteiger partial charge in [-0.1, -0.05) is 6.07 Å². The number of hydrogen-bond donors (Lipinski definition) is 1. The molecular formula is C23H18F3N3O3. The summed E-state index contributed by atoms with van der Waals surface area (Å²) in [6.45, 7) is 0.860. The molecule has 0 aliphatic carbocycles. The topological polar surface area (TPSA) is 85.5 Å². The van der Waals surface area contributed by atoms with Gasteiger partial charge in [-0.25, -0.2) is 0 Å². The first-order valence-corrected chi connectivity index (χ1v) is 9.73. The zero-order valence-electron chi connectivity index (χ0n) is 16.7. The fraction of sp³-hybridized carbons (Fsp3) is 0.174. The lowest BCUT2D eigenvalue weighted by Crippen LogP contribution is -2.36. The maximum Gasteiger partial charge on any atom is 0.416 e. The van der Waals surface area contributed by atoms with Gasteiger partial charge in [0.05, 0.1) is 11.1 Å². The van der Waals surface area contributed by atoms with E-state index in [1.165, 1.54) is 30.5 Å². The van der Waals surface area contributed by atoms with Crippen LogP contribution in [0.15, 0.2) is 60.8 Å². The van der Waals surface area contributed by atoms with Crippen LogP contribution < -0.4 is 10.5 Å². The number of aromatic nitrogens is 1. The summed E-state index contributed by atoms with van der Waals surface area (Å²) in [5, 5.41) is 0. The van der Waals surface area contributed by atoms with Gasteiger partial charge in [0.15, 0.2) is 0 Å². The van der Waals surface area contributed by atoms with Gasteiger partial charge in [0.1, 0.15) is 17.2 Å². The van der Waals surface area contributed by atoms with Crippen molar-refractivity contribution in [2.75, 3.05) is 6.54 Å². The highest BCUT2D eigenvalue weighted by Gasteiger charge is 2.30. The summed E-state index contributed by atoms with van der Waals surface area (Å²) in [7, 11) is 0. The molecule has 6 nitrogen and oxygen atoms in total. The second-order valence-corrected chi connectivity index (χ2v) is 7.33. The molecule has 0 saturated carbocycles.